The van der Waals surface area contributed by atoms with Gasteiger partial charge in [0.2, 0.25) is 0 Å². The zero-order chi connectivity index (χ0) is 18.1. The van der Waals surface area contributed by atoms with Crippen molar-refractivity contribution >= 4 is 28.1 Å². The van der Waals surface area contributed by atoms with Gasteiger partial charge in [-0.15, -0.1) is 0 Å². The second kappa shape index (κ2) is 9.84. The molecule has 0 atom stereocenters. The Kier molecular flexibility index (Phi) is 7.47. The summed E-state index contributed by atoms with van der Waals surface area (Å²) >= 11 is 3.33. The van der Waals surface area contributed by atoms with Crippen LogP contribution in [0.1, 0.15) is 35.7 Å². The number of nitrogens with zero attached hydrogens (tertiary/aromatic N) is 1. The van der Waals surface area contributed by atoms with E-state index in [1.807, 2.05) is 18.2 Å². The van der Waals surface area contributed by atoms with Crippen molar-refractivity contribution in [3.8, 4) is 11.5 Å². The number of carbonyl (C=O) groups excluding carboxylic acids is 1. The number of ether oxygens (including phenoxy) is 2. The Bertz CT molecular complexity index is 730. The smallest absolute Gasteiger partial charge is 0.271 e. The van der Waals surface area contributed by atoms with Gasteiger partial charge in [-0.3, -0.25) is 4.79 Å². The minimum atomic E-state index is -0.268. The van der Waals surface area contributed by atoms with E-state index >= 15 is 0 Å². The molecule has 25 heavy (non-hydrogen) atoms. The molecule has 0 unspecified atom stereocenters. The highest BCUT2D eigenvalue weighted by molar-refractivity contribution is 9.10. The van der Waals surface area contributed by atoms with Crippen LogP contribution >= 0.6 is 15.9 Å². The average molecular weight is 405 g/mol. The van der Waals surface area contributed by atoms with Crippen molar-refractivity contribution in [3.05, 3.63) is 58.1 Å². The van der Waals surface area contributed by atoms with Gasteiger partial charge in [0.15, 0.2) is 11.5 Å². The molecule has 0 bridgehead atoms. The van der Waals surface area contributed by atoms with E-state index in [1.54, 1.807) is 37.6 Å². The van der Waals surface area contributed by atoms with Crippen molar-refractivity contribution in [1.82, 2.24) is 5.43 Å². The van der Waals surface area contributed by atoms with Crippen molar-refractivity contribution in [3.63, 3.8) is 0 Å². The first-order valence-electron chi connectivity index (χ1n) is 8.04. The summed E-state index contributed by atoms with van der Waals surface area (Å²) in [6.45, 7) is 2.77. The van der Waals surface area contributed by atoms with E-state index in [2.05, 4.69) is 33.4 Å². The average Bonchev–Trinajstić information content (AvgIpc) is 2.63. The first-order valence-corrected chi connectivity index (χ1v) is 8.83. The molecule has 1 amide bonds. The van der Waals surface area contributed by atoms with Crippen LogP contribution < -0.4 is 14.9 Å². The Morgan fingerprint density at radius 3 is 2.64 bits per heavy atom. The van der Waals surface area contributed by atoms with Crippen LogP contribution in [0.2, 0.25) is 0 Å². The maximum atomic E-state index is 12.0. The van der Waals surface area contributed by atoms with E-state index in [4.69, 9.17) is 9.47 Å². The summed E-state index contributed by atoms with van der Waals surface area (Å²) < 4.78 is 12.0. The largest absolute Gasteiger partial charge is 0.493 e. The quantitative estimate of drug-likeness (QED) is 0.402. The van der Waals surface area contributed by atoms with Crippen LogP contribution in [0.5, 0.6) is 11.5 Å². The van der Waals surface area contributed by atoms with E-state index in [0.29, 0.717) is 23.7 Å². The van der Waals surface area contributed by atoms with Crippen LogP contribution in [0.4, 0.5) is 0 Å². The molecule has 0 fully saturated rings. The summed E-state index contributed by atoms with van der Waals surface area (Å²) in [4.78, 5) is 12.0. The first-order chi connectivity index (χ1) is 12.1. The molecule has 0 saturated heterocycles. The minimum Gasteiger partial charge on any atom is -0.493 e. The summed E-state index contributed by atoms with van der Waals surface area (Å²) in [7, 11) is 1.60. The molecular formula is C19H21BrN2O3. The van der Waals surface area contributed by atoms with Gasteiger partial charge in [0.25, 0.3) is 5.91 Å². The van der Waals surface area contributed by atoms with Crippen molar-refractivity contribution in [2.45, 2.75) is 19.8 Å². The van der Waals surface area contributed by atoms with E-state index < -0.39 is 0 Å². The van der Waals surface area contributed by atoms with Crippen molar-refractivity contribution in [1.29, 1.82) is 0 Å². The van der Waals surface area contributed by atoms with Gasteiger partial charge in [0.05, 0.1) is 19.9 Å². The lowest BCUT2D eigenvalue weighted by molar-refractivity contribution is 0.0955. The highest BCUT2D eigenvalue weighted by Gasteiger charge is 2.06. The molecular weight excluding hydrogens is 384 g/mol. The third-order valence-corrected chi connectivity index (χ3v) is 3.96. The number of halogens is 1. The highest BCUT2D eigenvalue weighted by Crippen LogP contribution is 2.27. The number of hydrazone groups is 1. The molecule has 6 heteroatoms. The lowest BCUT2D eigenvalue weighted by Crippen LogP contribution is -2.17. The standard InChI is InChI=1S/C19H21BrN2O3/c1-3-4-11-25-17-10-5-14(12-18(17)24-2)13-21-22-19(23)15-6-8-16(20)9-7-15/h5-10,12-13H,3-4,11H2,1-2H3,(H,22,23)/b21-13-. The fourth-order valence-electron chi connectivity index (χ4n) is 2.04. The summed E-state index contributed by atoms with van der Waals surface area (Å²) in [6.07, 6.45) is 3.63. The Morgan fingerprint density at radius 2 is 1.96 bits per heavy atom. The lowest BCUT2D eigenvalue weighted by atomic mass is 10.2. The summed E-state index contributed by atoms with van der Waals surface area (Å²) in [5.74, 6) is 1.07. The van der Waals surface area contributed by atoms with Crippen molar-refractivity contribution in [2.75, 3.05) is 13.7 Å². The molecule has 132 valence electrons. The number of carbonyl (C=O) groups is 1. The number of hydrogen-bond donors (Lipinski definition) is 1. The number of benzene rings is 2. The van der Waals surface area contributed by atoms with E-state index in [9.17, 15) is 4.79 Å². The molecule has 0 saturated carbocycles. The molecule has 0 aromatic heterocycles. The number of hydrogen-bond acceptors (Lipinski definition) is 4. The van der Waals surface area contributed by atoms with Gasteiger partial charge in [0, 0.05) is 10.0 Å². The van der Waals surface area contributed by atoms with E-state index in [0.717, 1.165) is 22.9 Å². The molecule has 1 N–H and O–H groups in total. The number of unbranched alkanes of at least 4 members (excludes halogenated alkanes) is 1. The number of amides is 1. The van der Waals surface area contributed by atoms with Crippen molar-refractivity contribution < 1.29 is 14.3 Å². The zero-order valence-electron chi connectivity index (χ0n) is 14.3. The topological polar surface area (TPSA) is 59.9 Å². The molecule has 2 aromatic rings. The van der Waals surface area contributed by atoms with Gasteiger partial charge >= 0.3 is 0 Å². The number of methoxy groups -OCH3 is 1. The predicted molar refractivity (Wildman–Crippen MR) is 103 cm³/mol. The second-order valence-corrected chi connectivity index (χ2v) is 6.23. The van der Waals surface area contributed by atoms with E-state index in [1.165, 1.54) is 0 Å². The normalized spacial score (nSPS) is 10.7. The van der Waals surface area contributed by atoms with Crippen LogP contribution in [0.15, 0.2) is 52.0 Å². The molecule has 0 aliphatic rings. The fourth-order valence-corrected chi connectivity index (χ4v) is 2.31. The van der Waals surface area contributed by atoms with Crippen LogP contribution in [-0.4, -0.2) is 25.8 Å². The molecule has 5 nitrogen and oxygen atoms in total. The summed E-state index contributed by atoms with van der Waals surface area (Å²) in [6, 6.07) is 12.6. The highest BCUT2D eigenvalue weighted by atomic mass is 79.9. The molecule has 0 aliphatic heterocycles. The molecule has 0 aliphatic carbocycles. The Morgan fingerprint density at radius 1 is 1.20 bits per heavy atom. The Balaban J connectivity index is 1.98. The third kappa shape index (κ3) is 5.90. The summed E-state index contributed by atoms with van der Waals surface area (Å²) in [5.41, 5.74) is 3.85. The zero-order valence-corrected chi connectivity index (χ0v) is 15.9. The van der Waals surface area contributed by atoms with Gasteiger partial charge in [-0.2, -0.15) is 5.10 Å². The number of nitrogens with one attached hydrogen (secondary N) is 1. The van der Waals surface area contributed by atoms with Crippen LogP contribution in [0.3, 0.4) is 0 Å². The monoisotopic (exact) mass is 404 g/mol. The van der Waals surface area contributed by atoms with Gasteiger partial charge in [-0.25, -0.2) is 5.43 Å². The van der Waals surface area contributed by atoms with E-state index in [-0.39, 0.29) is 5.91 Å². The van der Waals surface area contributed by atoms with Crippen LogP contribution in [-0.2, 0) is 0 Å². The lowest BCUT2D eigenvalue weighted by Gasteiger charge is -2.10. The molecule has 0 radical (unpaired) electrons. The number of rotatable bonds is 8. The van der Waals surface area contributed by atoms with Gasteiger partial charge in [-0.05, 0) is 54.4 Å². The maximum absolute atomic E-state index is 12.0. The molecule has 2 rings (SSSR count). The second-order valence-electron chi connectivity index (χ2n) is 5.32. The van der Waals surface area contributed by atoms with Gasteiger partial charge in [0.1, 0.15) is 0 Å². The van der Waals surface area contributed by atoms with Gasteiger partial charge < -0.3 is 9.47 Å². The molecule has 2 aromatic carbocycles. The van der Waals surface area contributed by atoms with Gasteiger partial charge in [-0.1, -0.05) is 29.3 Å². The van der Waals surface area contributed by atoms with Crippen LogP contribution in [0.25, 0.3) is 0 Å². The fraction of sp³-hybridized carbons (Fsp3) is 0.263. The summed E-state index contributed by atoms with van der Waals surface area (Å²) in [5, 5.41) is 3.99. The van der Waals surface area contributed by atoms with Crippen molar-refractivity contribution in [2.24, 2.45) is 5.10 Å². The third-order valence-electron chi connectivity index (χ3n) is 3.43. The SMILES string of the molecule is CCCCOc1ccc(/C=N\NC(=O)c2ccc(Br)cc2)cc1OC. The Labute approximate surface area is 156 Å². The molecule has 0 heterocycles. The molecule has 0 spiro atoms. The van der Waals surface area contributed by atoms with Crippen LogP contribution in [0, 0.1) is 0 Å². The Hall–Kier alpha value is -2.34. The maximum Gasteiger partial charge on any atom is 0.271 e. The first kappa shape index (κ1) is 19.0. The minimum absolute atomic E-state index is 0.268. The predicted octanol–water partition coefficient (Wildman–Crippen LogP) is 4.40.